The molecule has 2 rings (SSSR count). The van der Waals surface area contributed by atoms with Crippen molar-refractivity contribution in [2.75, 3.05) is 19.8 Å². The van der Waals surface area contributed by atoms with Crippen molar-refractivity contribution in [2.45, 2.75) is 56.8 Å². The molecule has 1 saturated carbocycles. The van der Waals surface area contributed by atoms with Crippen molar-refractivity contribution in [1.82, 2.24) is 0 Å². The highest BCUT2D eigenvalue weighted by Crippen LogP contribution is 2.40. The minimum atomic E-state index is -1.35. The number of ether oxygens (including phenoxy) is 3. The van der Waals surface area contributed by atoms with Gasteiger partial charge in [-0.05, 0) is 19.3 Å². The van der Waals surface area contributed by atoms with Crippen LogP contribution >= 0.6 is 0 Å². The van der Waals surface area contributed by atoms with Gasteiger partial charge in [-0.2, -0.15) is 0 Å². The van der Waals surface area contributed by atoms with Crippen LogP contribution in [0, 0.1) is 0 Å². The maximum atomic E-state index is 11.8. The fraction of sp³-hybridized carbons (Fsp3) is 0.923. The number of rotatable bonds is 4. The standard InChI is InChI=1S/C13H22O5/c1-2-3-8-16-11(14)12(15)4-6-13(7-5-12)17-9-10-18-13/h15H,2-10H2,1H3. The first kappa shape index (κ1) is 13.8. The maximum absolute atomic E-state index is 11.8. The van der Waals surface area contributed by atoms with E-state index in [0.29, 0.717) is 45.5 Å². The number of aliphatic hydroxyl groups is 1. The monoisotopic (exact) mass is 258 g/mol. The molecule has 18 heavy (non-hydrogen) atoms. The normalized spacial score (nSPS) is 25.2. The van der Waals surface area contributed by atoms with Crippen LogP contribution in [0.1, 0.15) is 45.4 Å². The maximum Gasteiger partial charge on any atom is 0.338 e. The Balaban J connectivity index is 1.84. The molecule has 0 amide bonds. The van der Waals surface area contributed by atoms with Crippen LogP contribution in [0.25, 0.3) is 0 Å². The number of hydrogen-bond donors (Lipinski definition) is 1. The van der Waals surface area contributed by atoms with Gasteiger partial charge in [0, 0.05) is 12.8 Å². The van der Waals surface area contributed by atoms with E-state index >= 15 is 0 Å². The number of hydrogen-bond acceptors (Lipinski definition) is 5. The molecule has 1 saturated heterocycles. The van der Waals surface area contributed by atoms with E-state index in [1.807, 2.05) is 6.92 Å². The third kappa shape index (κ3) is 2.84. The first-order valence-electron chi connectivity index (χ1n) is 6.78. The summed E-state index contributed by atoms with van der Waals surface area (Å²) >= 11 is 0. The van der Waals surface area contributed by atoms with Gasteiger partial charge in [-0.1, -0.05) is 13.3 Å². The molecule has 0 aromatic heterocycles. The smallest absolute Gasteiger partial charge is 0.338 e. The van der Waals surface area contributed by atoms with E-state index in [0.717, 1.165) is 12.8 Å². The first-order chi connectivity index (χ1) is 8.60. The topological polar surface area (TPSA) is 65.0 Å². The van der Waals surface area contributed by atoms with E-state index < -0.39 is 17.4 Å². The van der Waals surface area contributed by atoms with Crippen molar-refractivity contribution >= 4 is 5.97 Å². The molecule has 1 aliphatic carbocycles. The molecule has 5 nitrogen and oxygen atoms in total. The molecule has 0 aromatic rings. The summed E-state index contributed by atoms with van der Waals surface area (Å²) in [5, 5.41) is 10.3. The van der Waals surface area contributed by atoms with Crippen molar-refractivity contribution in [3.05, 3.63) is 0 Å². The van der Waals surface area contributed by atoms with Crippen LogP contribution in [0.5, 0.6) is 0 Å². The van der Waals surface area contributed by atoms with Gasteiger partial charge < -0.3 is 19.3 Å². The summed E-state index contributed by atoms with van der Waals surface area (Å²) in [6.07, 6.45) is 3.59. The van der Waals surface area contributed by atoms with Crippen molar-refractivity contribution in [1.29, 1.82) is 0 Å². The average Bonchev–Trinajstić information content (AvgIpc) is 2.83. The van der Waals surface area contributed by atoms with Crippen molar-refractivity contribution < 1.29 is 24.1 Å². The van der Waals surface area contributed by atoms with Gasteiger partial charge in [-0.25, -0.2) is 4.79 Å². The first-order valence-corrected chi connectivity index (χ1v) is 6.78. The number of carbonyl (C=O) groups excluding carboxylic acids is 1. The number of carbonyl (C=O) groups is 1. The lowest BCUT2D eigenvalue weighted by Crippen LogP contribution is -2.49. The Bertz CT molecular complexity index is 286. The summed E-state index contributed by atoms with van der Waals surface area (Å²) in [6.45, 7) is 3.61. The molecular formula is C13H22O5. The molecule has 104 valence electrons. The summed E-state index contributed by atoms with van der Waals surface area (Å²) in [7, 11) is 0. The van der Waals surface area contributed by atoms with Gasteiger partial charge in [-0.15, -0.1) is 0 Å². The van der Waals surface area contributed by atoms with Gasteiger partial charge in [0.2, 0.25) is 0 Å². The molecule has 5 heteroatoms. The predicted molar refractivity (Wildman–Crippen MR) is 63.9 cm³/mol. The Morgan fingerprint density at radius 2 is 1.83 bits per heavy atom. The fourth-order valence-electron chi connectivity index (χ4n) is 2.48. The number of esters is 1. The molecule has 1 aliphatic heterocycles. The lowest BCUT2D eigenvalue weighted by atomic mass is 9.81. The summed E-state index contributed by atoms with van der Waals surface area (Å²) in [4.78, 5) is 11.8. The summed E-state index contributed by atoms with van der Waals surface area (Å²) in [6, 6.07) is 0. The minimum Gasteiger partial charge on any atom is -0.464 e. The summed E-state index contributed by atoms with van der Waals surface area (Å²) < 4.78 is 16.2. The quantitative estimate of drug-likeness (QED) is 0.609. The lowest BCUT2D eigenvalue weighted by Gasteiger charge is -2.38. The highest BCUT2D eigenvalue weighted by Gasteiger charge is 2.49. The van der Waals surface area contributed by atoms with E-state index in [2.05, 4.69) is 0 Å². The molecule has 0 unspecified atom stereocenters. The Labute approximate surface area is 107 Å². The molecule has 0 radical (unpaired) electrons. The Kier molecular flexibility index (Phi) is 4.25. The SMILES string of the molecule is CCCCOC(=O)C1(O)CCC2(CC1)OCCO2. The van der Waals surface area contributed by atoms with Crippen LogP contribution in [0.4, 0.5) is 0 Å². The van der Waals surface area contributed by atoms with Crippen LogP contribution in [0.3, 0.4) is 0 Å². The molecule has 1 spiro atoms. The van der Waals surface area contributed by atoms with Crippen molar-refractivity contribution in [3.8, 4) is 0 Å². The highest BCUT2D eigenvalue weighted by atomic mass is 16.7. The molecule has 2 fully saturated rings. The minimum absolute atomic E-state index is 0.345. The number of unbranched alkanes of at least 4 members (excludes halogenated alkanes) is 1. The Morgan fingerprint density at radius 1 is 1.22 bits per heavy atom. The van der Waals surface area contributed by atoms with Gasteiger partial charge in [0.25, 0.3) is 0 Å². The third-order valence-electron chi connectivity index (χ3n) is 3.76. The highest BCUT2D eigenvalue weighted by molar-refractivity contribution is 5.79. The van der Waals surface area contributed by atoms with Gasteiger partial charge in [0.05, 0.1) is 19.8 Å². The Morgan fingerprint density at radius 3 is 2.39 bits per heavy atom. The zero-order chi connectivity index (χ0) is 13.1. The van der Waals surface area contributed by atoms with E-state index in [9.17, 15) is 9.90 Å². The van der Waals surface area contributed by atoms with Gasteiger partial charge >= 0.3 is 5.97 Å². The van der Waals surface area contributed by atoms with Gasteiger partial charge in [-0.3, -0.25) is 0 Å². The van der Waals surface area contributed by atoms with Crippen LogP contribution in [0.15, 0.2) is 0 Å². The third-order valence-corrected chi connectivity index (χ3v) is 3.76. The van der Waals surface area contributed by atoms with Crippen molar-refractivity contribution in [2.24, 2.45) is 0 Å². The summed E-state index contributed by atoms with van der Waals surface area (Å²) in [5.74, 6) is -1.06. The molecular weight excluding hydrogens is 236 g/mol. The van der Waals surface area contributed by atoms with Crippen LogP contribution in [-0.2, 0) is 19.0 Å². The van der Waals surface area contributed by atoms with Gasteiger partial charge in [0.15, 0.2) is 11.4 Å². The molecule has 1 heterocycles. The molecule has 0 bridgehead atoms. The van der Waals surface area contributed by atoms with Crippen LogP contribution < -0.4 is 0 Å². The second kappa shape index (κ2) is 5.55. The van der Waals surface area contributed by atoms with E-state index in [4.69, 9.17) is 14.2 Å². The van der Waals surface area contributed by atoms with E-state index in [-0.39, 0.29) is 0 Å². The largest absolute Gasteiger partial charge is 0.464 e. The molecule has 0 atom stereocenters. The van der Waals surface area contributed by atoms with Crippen LogP contribution in [-0.4, -0.2) is 42.3 Å². The van der Waals surface area contributed by atoms with Crippen molar-refractivity contribution in [3.63, 3.8) is 0 Å². The molecule has 1 N–H and O–H groups in total. The Hall–Kier alpha value is -0.650. The predicted octanol–water partition coefficient (Wildman–Crippen LogP) is 1.38. The molecule has 2 aliphatic rings. The zero-order valence-electron chi connectivity index (χ0n) is 10.9. The lowest BCUT2D eigenvalue weighted by molar-refractivity contribution is -0.211. The van der Waals surface area contributed by atoms with E-state index in [1.54, 1.807) is 0 Å². The van der Waals surface area contributed by atoms with E-state index in [1.165, 1.54) is 0 Å². The van der Waals surface area contributed by atoms with Gasteiger partial charge in [0.1, 0.15) is 0 Å². The summed E-state index contributed by atoms with van der Waals surface area (Å²) in [5.41, 5.74) is -1.35. The second-order valence-corrected chi connectivity index (χ2v) is 5.13. The fourth-order valence-corrected chi connectivity index (χ4v) is 2.48. The molecule has 0 aromatic carbocycles. The van der Waals surface area contributed by atoms with Crippen LogP contribution in [0.2, 0.25) is 0 Å². The average molecular weight is 258 g/mol. The zero-order valence-corrected chi connectivity index (χ0v) is 10.9. The second-order valence-electron chi connectivity index (χ2n) is 5.13.